The Hall–Kier alpha value is -3.85. The number of hydrogen-bond acceptors (Lipinski definition) is 9. The molecule has 184 valence electrons. The highest BCUT2D eigenvalue weighted by Gasteiger charge is 2.43. The van der Waals surface area contributed by atoms with Crippen LogP contribution in [0.1, 0.15) is 50.1 Å². The summed E-state index contributed by atoms with van der Waals surface area (Å²) >= 11 is 0. The molecular formula is C26H28N2O7. The minimum atomic E-state index is -0.961. The second-order valence-electron chi connectivity index (χ2n) is 9.12. The number of phenols is 1. The van der Waals surface area contributed by atoms with E-state index < -0.39 is 29.7 Å². The summed E-state index contributed by atoms with van der Waals surface area (Å²) in [4.78, 5) is 29.4. The summed E-state index contributed by atoms with van der Waals surface area (Å²) in [6.07, 6.45) is 2.87. The summed E-state index contributed by atoms with van der Waals surface area (Å²) in [5.74, 6) is -0.0720. The Morgan fingerprint density at radius 3 is 2.77 bits per heavy atom. The Morgan fingerprint density at radius 1 is 1.37 bits per heavy atom. The third kappa shape index (κ3) is 4.46. The van der Waals surface area contributed by atoms with Crippen LogP contribution in [0.3, 0.4) is 0 Å². The number of aromatic nitrogens is 1. The molecule has 0 spiro atoms. The fraction of sp³-hybridized carbons (Fsp3) is 0.346. The van der Waals surface area contributed by atoms with Crippen molar-refractivity contribution in [2.45, 2.75) is 58.8 Å². The highest BCUT2D eigenvalue weighted by Crippen LogP contribution is 2.46. The zero-order valence-corrected chi connectivity index (χ0v) is 20.0. The number of esters is 1. The van der Waals surface area contributed by atoms with Gasteiger partial charge in [-0.15, -0.1) is 0 Å². The lowest BCUT2D eigenvalue weighted by Gasteiger charge is -2.40. The van der Waals surface area contributed by atoms with Crippen molar-refractivity contribution in [3.63, 3.8) is 0 Å². The standard InChI is InChI=1S/C26H28N2O7/c1-5-13(2)25(32)34-19-11-16-22(31)21-18(30)10-15(12-29)33-24(21)17(23(16)35-26(19,3)4)8-14-6-7-28-20(27)9-14/h5-7,9-10,19,29,31H,8,11-12H2,1-4H3,(H2,27,28). The molecule has 2 aromatic heterocycles. The first-order chi connectivity index (χ1) is 16.6. The number of allylic oxidation sites excluding steroid dienone is 1. The molecule has 1 atom stereocenters. The third-order valence-corrected chi connectivity index (χ3v) is 6.26. The first kappa shape index (κ1) is 24.3. The normalized spacial score (nSPS) is 17.1. The van der Waals surface area contributed by atoms with Crippen molar-refractivity contribution in [3.05, 3.63) is 68.7 Å². The third-order valence-electron chi connectivity index (χ3n) is 6.26. The molecule has 1 aromatic carbocycles. The van der Waals surface area contributed by atoms with Crippen LogP contribution in [0.4, 0.5) is 5.82 Å². The van der Waals surface area contributed by atoms with E-state index in [2.05, 4.69) is 4.98 Å². The van der Waals surface area contributed by atoms with Crippen LogP contribution in [0, 0.1) is 0 Å². The van der Waals surface area contributed by atoms with Gasteiger partial charge in [0, 0.05) is 41.8 Å². The van der Waals surface area contributed by atoms with Crippen LogP contribution in [0.5, 0.6) is 11.5 Å². The lowest BCUT2D eigenvalue weighted by molar-refractivity contribution is -0.156. The number of benzene rings is 1. The minimum absolute atomic E-state index is 0.0315. The smallest absolute Gasteiger partial charge is 0.333 e. The van der Waals surface area contributed by atoms with Crippen molar-refractivity contribution >= 4 is 22.8 Å². The number of aromatic hydroxyl groups is 1. The lowest BCUT2D eigenvalue weighted by atomic mass is 9.86. The first-order valence-electron chi connectivity index (χ1n) is 11.2. The van der Waals surface area contributed by atoms with Gasteiger partial charge in [0.15, 0.2) is 5.43 Å². The molecule has 0 aliphatic carbocycles. The number of nitrogens with zero attached hydrogens (tertiary/aromatic N) is 1. The van der Waals surface area contributed by atoms with Gasteiger partial charge in [-0.25, -0.2) is 9.78 Å². The van der Waals surface area contributed by atoms with Crippen LogP contribution >= 0.6 is 0 Å². The van der Waals surface area contributed by atoms with Crippen LogP contribution in [0.2, 0.25) is 0 Å². The number of aliphatic hydroxyl groups is 1. The zero-order chi connectivity index (χ0) is 25.5. The molecule has 3 aromatic rings. The fourth-order valence-corrected chi connectivity index (χ4v) is 4.17. The fourth-order valence-electron chi connectivity index (χ4n) is 4.17. The van der Waals surface area contributed by atoms with E-state index in [1.165, 1.54) is 0 Å². The highest BCUT2D eigenvalue weighted by atomic mass is 16.6. The topological polar surface area (TPSA) is 145 Å². The van der Waals surface area contributed by atoms with E-state index in [0.29, 0.717) is 28.3 Å². The van der Waals surface area contributed by atoms with E-state index in [0.717, 1.165) is 11.6 Å². The van der Waals surface area contributed by atoms with Crippen LogP contribution in [-0.2, 0) is 29.0 Å². The Labute approximate surface area is 201 Å². The monoisotopic (exact) mass is 480 g/mol. The summed E-state index contributed by atoms with van der Waals surface area (Å²) < 4.78 is 17.9. The van der Waals surface area contributed by atoms with Crippen LogP contribution in [0.25, 0.3) is 11.0 Å². The molecule has 4 rings (SSSR count). The maximum Gasteiger partial charge on any atom is 0.333 e. The molecule has 35 heavy (non-hydrogen) atoms. The van der Waals surface area contributed by atoms with Gasteiger partial charge in [0.2, 0.25) is 0 Å². The van der Waals surface area contributed by atoms with Gasteiger partial charge in [-0.3, -0.25) is 4.79 Å². The molecule has 0 fully saturated rings. The molecule has 0 amide bonds. The largest absolute Gasteiger partial charge is 0.507 e. The van der Waals surface area contributed by atoms with Crippen LogP contribution < -0.4 is 15.9 Å². The molecule has 3 heterocycles. The number of nitrogen functional groups attached to an aromatic ring is 1. The second kappa shape index (κ2) is 9.07. The van der Waals surface area contributed by atoms with Crippen molar-refractivity contribution < 1.29 is 28.9 Å². The van der Waals surface area contributed by atoms with Crippen molar-refractivity contribution in [2.75, 3.05) is 5.73 Å². The average Bonchev–Trinajstić information content (AvgIpc) is 2.81. The predicted octanol–water partition coefficient (Wildman–Crippen LogP) is 3.15. The van der Waals surface area contributed by atoms with Gasteiger partial charge in [-0.1, -0.05) is 6.08 Å². The Bertz CT molecular complexity index is 1410. The number of fused-ring (bicyclic) bond motifs is 2. The molecule has 1 aliphatic rings. The van der Waals surface area contributed by atoms with Crippen molar-refractivity contribution in [3.8, 4) is 11.5 Å². The average molecular weight is 481 g/mol. The minimum Gasteiger partial charge on any atom is -0.507 e. The Morgan fingerprint density at radius 2 is 2.11 bits per heavy atom. The number of anilines is 1. The van der Waals surface area contributed by atoms with Gasteiger partial charge in [0.05, 0.1) is 0 Å². The van der Waals surface area contributed by atoms with Gasteiger partial charge in [0.1, 0.15) is 52.4 Å². The van der Waals surface area contributed by atoms with Gasteiger partial charge in [0.25, 0.3) is 0 Å². The number of nitrogens with two attached hydrogens (primary N) is 1. The number of hydrogen-bond donors (Lipinski definition) is 3. The van der Waals surface area contributed by atoms with E-state index in [1.54, 1.807) is 52.1 Å². The molecule has 0 saturated heterocycles. The molecule has 9 nitrogen and oxygen atoms in total. The maximum atomic E-state index is 12.9. The van der Waals surface area contributed by atoms with Gasteiger partial charge >= 0.3 is 5.97 Å². The number of pyridine rings is 1. The molecule has 1 unspecified atom stereocenters. The number of phenolic OH excluding ortho intramolecular Hbond substituents is 1. The van der Waals surface area contributed by atoms with Gasteiger partial charge < -0.3 is 29.8 Å². The predicted molar refractivity (Wildman–Crippen MR) is 129 cm³/mol. The highest BCUT2D eigenvalue weighted by molar-refractivity contribution is 5.91. The van der Waals surface area contributed by atoms with Gasteiger partial charge in [-0.2, -0.15) is 0 Å². The van der Waals surface area contributed by atoms with Crippen molar-refractivity contribution in [2.24, 2.45) is 0 Å². The summed E-state index contributed by atoms with van der Waals surface area (Å²) in [6, 6.07) is 4.61. The van der Waals surface area contributed by atoms with E-state index in [-0.39, 0.29) is 35.3 Å². The van der Waals surface area contributed by atoms with Crippen molar-refractivity contribution in [1.82, 2.24) is 4.98 Å². The van der Waals surface area contributed by atoms with E-state index >= 15 is 0 Å². The SMILES string of the molecule is CC=C(C)C(=O)OC1Cc2c(c(Cc3ccnc(N)c3)c3oc(CO)cc(=O)c3c2O)OC1(C)C. The summed E-state index contributed by atoms with van der Waals surface area (Å²) in [7, 11) is 0. The lowest BCUT2D eigenvalue weighted by Crippen LogP contribution is -2.49. The summed E-state index contributed by atoms with van der Waals surface area (Å²) in [6.45, 7) is 6.48. The Balaban J connectivity index is 1.94. The van der Waals surface area contributed by atoms with E-state index in [9.17, 15) is 19.8 Å². The summed E-state index contributed by atoms with van der Waals surface area (Å²) in [5, 5.41) is 20.7. The quantitative estimate of drug-likeness (QED) is 0.370. The molecule has 0 bridgehead atoms. The molecular weight excluding hydrogens is 452 g/mol. The molecule has 1 aliphatic heterocycles. The zero-order valence-electron chi connectivity index (χ0n) is 20.0. The van der Waals surface area contributed by atoms with E-state index in [1.807, 2.05) is 0 Å². The molecule has 4 N–H and O–H groups in total. The Kier molecular flexibility index (Phi) is 6.29. The molecule has 9 heteroatoms. The number of carbonyl (C=O) groups is 1. The van der Waals surface area contributed by atoms with E-state index in [4.69, 9.17) is 19.6 Å². The first-order valence-corrected chi connectivity index (χ1v) is 11.2. The molecule has 0 saturated carbocycles. The van der Waals surface area contributed by atoms with Crippen LogP contribution in [-0.4, -0.2) is 32.9 Å². The number of ether oxygens (including phenoxy) is 2. The second-order valence-corrected chi connectivity index (χ2v) is 9.12. The maximum absolute atomic E-state index is 12.9. The number of aliphatic hydroxyl groups excluding tert-OH is 1. The number of rotatable bonds is 5. The molecule has 0 radical (unpaired) electrons. The number of carbonyl (C=O) groups excluding carboxylic acids is 1. The van der Waals surface area contributed by atoms with Gasteiger partial charge in [-0.05, 0) is 45.4 Å². The van der Waals surface area contributed by atoms with Crippen LogP contribution in [0.15, 0.2) is 45.3 Å². The van der Waals surface area contributed by atoms with Crippen molar-refractivity contribution in [1.29, 1.82) is 0 Å². The summed E-state index contributed by atoms with van der Waals surface area (Å²) in [5.41, 5.74) is 6.58.